The van der Waals surface area contributed by atoms with E-state index in [1.54, 1.807) is 16.4 Å². The summed E-state index contributed by atoms with van der Waals surface area (Å²) in [6.45, 7) is 0.610. The molecular weight excluding hydrogens is 274 g/mol. The lowest BCUT2D eigenvalue weighted by atomic mass is 9.79. The maximum absolute atomic E-state index is 12.8. The SMILES string of the molecule is O=S(=O)(c1cccc(O)c1)N1CCCC2CCCCC21. The van der Waals surface area contributed by atoms with E-state index in [0.717, 1.165) is 32.1 Å². The predicted molar refractivity (Wildman–Crippen MR) is 77.0 cm³/mol. The molecule has 20 heavy (non-hydrogen) atoms. The van der Waals surface area contributed by atoms with Gasteiger partial charge in [-0.3, -0.25) is 0 Å². The van der Waals surface area contributed by atoms with Crippen LogP contribution < -0.4 is 0 Å². The molecule has 0 aromatic heterocycles. The van der Waals surface area contributed by atoms with Gasteiger partial charge in [-0.1, -0.05) is 18.9 Å². The summed E-state index contributed by atoms with van der Waals surface area (Å²) in [5, 5.41) is 9.52. The van der Waals surface area contributed by atoms with E-state index in [9.17, 15) is 13.5 Å². The number of fused-ring (bicyclic) bond motifs is 1. The summed E-state index contributed by atoms with van der Waals surface area (Å²) < 4.78 is 27.3. The van der Waals surface area contributed by atoms with Gasteiger partial charge in [-0.2, -0.15) is 4.31 Å². The Labute approximate surface area is 120 Å². The van der Waals surface area contributed by atoms with Crippen LogP contribution in [-0.4, -0.2) is 30.4 Å². The van der Waals surface area contributed by atoms with Crippen molar-refractivity contribution in [3.8, 4) is 5.75 Å². The summed E-state index contributed by atoms with van der Waals surface area (Å²) in [5.41, 5.74) is 0. The lowest BCUT2D eigenvalue weighted by molar-refractivity contribution is 0.129. The fraction of sp³-hybridized carbons (Fsp3) is 0.600. The predicted octanol–water partition coefficient (Wildman–Crippen LogP) is 2.74. The van der Waals surface area contributed by atoms with Crippen LogP contribution in [0, 0.1) is 5.92 Å². The van der Waals surface area contributed by atoms with Crippen molar-refractivity contribution >= 4 is 10.0 Å². The highest BCUT2D eigenvalue weighted by atomic mass is 32.2. The largest absolute Gasteiger partial charge is 0.508 e. The van der Waals surface area contributed by atoms with Gasteiger partial charge in [0.2, 0.25) is 10.0 Å². The maximum Gasteiger partial charge on any atom is 0.243 e. The third-order valence-corrected chi connectivity index (χ3v) is 6.54. The highest BCUT2D eigenvalue weighted by molar-refractivity contribution is 7.89. The van der Waals surface area contributed by atoms with E-state index in [1.807, 2.05) is 0 Å². The molecule has 1 aliphatic heterocycles. The van der Waals surface area contributed by atoms with E-state index < -0.39 is 10.0 Å². The zero-order chi connectivity index (χ0) is 14.2. The van der Waals surface area contributed by atoms with E-state index in [-0.39, 0.29) is 16.7 Å². The molecule has 1 N–H and O–H groups in total. The topological polar surface area (TPSA) is 57.6 Å². The number of sulfonamides is 1. The van der Waals surface area contributed by atoms with Crippen LogP contribution in [0.5, 0.6) is 5.75 Å². The van der Waals surface area contributed by atoms with Crippen LogP contribution in [0.3, 0.4) is 0 Å². The van der Waals surface area contributed by atoms with Crippen LogP contribution in [0.15, 0.2) is 29.2 Å². The van der Waals surface area contributed by atoms with E-state index in [4.69, 9.17) is 0 Å². The lowest BCUT2D eigenvalue weighted by Gasteiger charge is -2.43. The molecular formula is C15H21NO3S. The Bertz CT molecular complexity index is 583. The zero-order valence-electron chi connectivity index (χ0n) is 11.5. The number of hydrogen-bond acceptors (Lipinski definition) is 3. The number of phenols is 1. The minimum Gasteiger partial charge on any atom is -0.508 e. The first-order chi connectivity index (χ1) is 9.59. The van der Waals surface area contributed by atoms with Crippen LogP contribution in [0.4, 0.5) is 0 Å². The summed E-state index contributed by atoms with van der Waals surface area (Å²) in [4.78, 5) is 0.212. The summed E-state index contributed by atoms with van der Waals surface area (Å²) in [6.07, 6.45) is 6.56. The van der Waals surface area contributed by atoms with Gasteiger partial charge >= 0.3 is 0 Å². The van der Waals surface area contributed by atoms with Crippen molar-refractivity contribution in [2.45, 2.75) is 49.5 Å². The van der Waals surface area contributed by atoms with Gasteiger partial charge in [0.1, 0.15) is 5.75 Å². The smallest absolute Gasteiger partial charge is 0.243 e. The van der Waals surface area contributed by atoms with Gasteiger partial charge in [0.15, 0.2) is 0 Å². The van der Waals surface area contributed by atoms with Gasteiger partial charge in [-0.05, 0) is 49.8 Å². The molecule has 1 aliphatic carbocycles. The second kappa shape index (κ2) is 5.37. The van der Waals surface area contributed by atoms with Crippen molar-refractivity contribution in [2.24, 2.45) is 5.92 Å². The van der Waals surface area contributed by atoms with Crippen molar-refractivity contribution in [1.29, 1.82) is 0 Å². The molecule has 2 unspecified atom stereocenters. The number of rotatable bonds is 2. The number of piperidine rings is 1. The third-order valence-electron chi connectivity index (χ3n) is 4.62. The van der Waals surface area contributed by atoms with E-state index in [1.165, 1.54) is 18.6 Å². The van der Waals surface area contributed by atoms with E-state index in [0.29, 0.717) is 12.5 Å². The Morgan fingerprint density at radius 2 is 1.85 bits per heavy atom. The van der Waals surface area contributed by atoms with Gasteiger partial charge in [0.25, 0.3) is 0 Å². The van der Waals surface area contributed by atoms with E-state index in [2.05, 4.69) is 0 Å². The molecule has 2 atom stereocenters. The monoisotopic (exact) mass is 295 g/mol. The van der Waals surface area contributed by atoms with Crippen molar-refractivity contribution in [3.05, 3.63) is 24.3 Å². The van der Waals surface area contributed by atoms with Gasteiger partial charge in [-0.15, -0.1) is 0 Å². The fourth-order valence-electron chi connectivity index (χ4n) is 3.66. The maximum atomic E-state index is 12.8. The third kappa shape index (κ3) is 2.44. The molecule has 1 aromatic carbocycles. The summed E-state index contributed by atoms with van der Waals surface area (Å²) in [6, 6.07) is 6.16. The Kier molecular flexibility index (Phi) is 3.73. The Morgan fingerprint density at radius 3 is 2.65 bits per heavy atom. The molecule has 1 heterocycles. The van der Waals surface area contributed by atoms with Crippen LogP contribution in [0.2, 0.25) is 0 Å². The number of phenolic OH excluding ortho intramolecular Hbond substituents is 1. The number of hydrogen-bond donors (Lipinski definition) is 1. The molecule has 2 aliphatic rings. The average Bonchev–Trinajstić information content (AvgIpc) is 2.46. The average molecular weight is 295 g/mol. The first kappa shape index (κ1) is 13.9. The summed E-state index contributed by atoms with van der Waals surface area (Å²) in [5.74, 6) is 0.521. The van der Waals surface area contributed by atoms with Crippen molar-refractivity contribution in [3.63, 3.8) is 0 Å². The van der Waals surface area contributed by atoms with E-state index >= 15 is 0 Å². The molecule has 2 fully saturated rings. The summed E-state index contributed by atoms with van der Waals surface area (Å²) in [7, 11) is -3.48. The van der Waals surface area contributed by atoms with Gasteiger partial charge in [-0.25, -0.2) is 8.42 Å². The van der Waals surface area contributed by atoms with Crippen LogP contribution in [0.25, 0.3) is 0 Å². The van der Waals surface area contributed by atoms with Crippen LogP contribution >= 0.6 is 0 Å². The number of aromatic hydroxyl groups is 1. The van der Waals surface area contributed by atoms with Crippen molar-refractivity contribution in [1.82, 2.24) is 4.31 Å². The molecule has 0 radical (unpaired) electrons. The molecule has 3 rings (SSSR count). The molecule has 4 nitrogen and oxygen atoms in total. The Morgan fingerprint density at radius 1 is 1.10 bits per heavy atom. The second-order valence-corrected chi connectivity index (χ2v) is 7.76. The molecule has 0 spiro atoms. The molecule has 1 saturated heterocycles. The lowest BCUT2D eigenvalue weighted by Crippen LogP contribution is -2.49. The fourth-order valence-corrected chi connectivity index (χ4v) is 5.45. The van der Waals surface area contributed by atoms with Crippen molar-refractivity contribution < 1.29 is 13.5 Å². The van der Waals surface area contributed by atoms with Crippen molar-refractivity contribution in [2.75, 3.05) is 6.54 Å². The summed E-state index contributed by atoms with van der Waals surface area (Å²) >= 11 is 0. The zero-order valence-corrected chi connectivity index (χ0v) is 12.3. The first-order valence-corrected chi connectivity index (χ1v) is 8.84. The van der Waals surface area contributed by atoms with Gasteiger partial charge in [0.05, 0.1) is 4.90 Å². The van der Waals surface area contributed by atoms with Gasteiger partial charge in [0, 0.05) is 12.6 Å². The Balaban J connectivity index is 1.93. The molecule has 5 heteroatoms. The van der Waals surface area contributed by atoms with Gasteiger partial charge < -0.3 is 5.11 Å². The normalized spacial score (nSPS) is 28.0. The van der Waals surface area contributed by atoms with Crippen LogP contribution in [-0.2, 0) is 10.0 Å². The minimum absolute atomic E-state index is 0.00304. The van der Waals surface area contributed by atoms with Crippen LogP contribution in [0.1, 0.15) is 38.5 Å². The first-order valence-electron chi connectivity index (χ1n) is 7.40. The minimum atomic E-state index is -3.48. The molecule has 0 bridgehead atoms. The Hall–Kier alpha value is -1.07. The highest BCUT2D eigenvalue weighted by Gasteiger charge is 2.39. The molecule has 0 amide bonds. The molecule has 110 valence electrons. The second-order valence-electron chi connectivity index (χ2n) is 5.87. The highest BCUT2D eigenvalue weighted by Crippen LogP contribution is 2.38. The quantitative estimate of drug-likeness (QED) is 0.912. The standard InChI is InChI=1S/C15H21NO3S/c17-13-7-3-8-14(11-13)20(18,19)16-10-4-6-12-5-1-2-9-15(12)16/h3,7-8,11-12,15,17H,1-2,4-6,9-10H2. The number of nitrogens with zero attached hydrogens (tertiary/aromatic N) is 1. The number of benzene rings is 1. The molecule has 1 saturated carbocycles. The molecule has 1 aromatic rings.